The normalized spacial score (nSPS) is 12.6. The molecule has 1 aromatic rings. The van der Waals surface area contributed by atoms with E-state index >= 15 is 0 Å². The van der Waals surface area contributed by atoms with Crippen molar-refractivity contribution >= 4 is 5.69 Å². The van der Waals surface area contributed by atoms with Gasteiger partial charge in [0, 0.05) is 19.1 Å². The third kappa shape index (κ3) is 2.95. The standard InChI is InChI=1S/C13H21FN2/c1-4-8-16(5-2)13-7-6-11(10(3)15)9-12(13)14/h6-7,9-10H,4-5,8,15H2,1-3H3/t10-/m1/s1. The lowest BCUT2D eigenvalue weighted by Gasteiger charge is -2.23. The second-order valence-electron chi connectivity index (χ2n) is 4.08. The van der Waals surface area contributed by atoms with Crippen LogP contribution in [0.1, 0.15) is 38.8 Å². The van der Waals surface area contributed by atoms with E-state index in [1.165, 1.54) is 0 Å². The largest absolute Gasteiger partial charge is 0.369 e. The fraction of sp³-hybridized carbons (Fsp3) is 0.538. The van der Waals surface area contributed by atoms with E-state index in [0.29, 0.717) is 5.69 Å². The van der Waals surface area contributed by atoms with E-state index in [-0.39, 0.29) is 11.9 Å². The number of nitrogens with zero attached hydrogens (tertiary/aromatic N) is 1. The fourth-order valence-corrected chi connectivity index (χ4v) is 1.78. The summed E-state index contributed by atoms with van der Waals surface area (Å²) >= 11 is 0. The van der Waals surface area contributed by atoms with E-state index < -0.39 is 0 Å². The predicted molar refractivity (Wildman–Crippen MR) is 67.2 cm³/mol. The van der Waals surface area contributed by atoms with E-state index in [2.05, 4.69) is 6.92 Å². The van der Waals surface area contributed by atoms with Gasteiger partial charge in [0.05, 0.1) is 5.69 Å². The molecule has 0 spiro atoms. The van der Waals surface area contributed by atoms with Crippen LogP contribution in [-0.2, 0) is 0 Å². The molecule has 0 saturated carbocycles. The number of hydrogen-bond donors (Lipinski definition) is 1. The Morgan fingerprint density at radius 1 is 1.38 bits per heavy atom. The van der Waals surface area contributed by atoms with Crippen LogP contribution in [0.4, 0.5) is 10.1 Å². The first-order valence-electron chi connectivity index (χ1n) is 5.90. The molecule has 0 unspecified atom stereocenters. The van der Waals surface area contributed by atoms with Crippen LogP contribution in [-0.4, -0.2) is 13.1 Å². The molecule has 0 aliphatic rings. The Hall–Kier alpha value is -1.09. The van der Waals surface area contributed by atoms with Gasteiger partial charge < -0.3 is 10.6 Å². The van der Waals surface area contributed by atoms with Crippen molar-refractivity contribution in [2.24, 2.45) is 5.73 Å². The maximum absolute atomic E-state index is 13.9. The van der Waals surface area contributed by atoms with Crippen molar-refractivity contribution in [1.29, 1.82) is 0 Å². The molecule has 0 heterocycles. The van der Waals surface area contributed by atoms with E-state index in [9.17, 15) is 4.39 Å². The predicted octanol–water partition coefficient (Wildman–Crippen LogP) is 3.08. The molecular formula is C13H21FN2. The number of benzene rings is 1. The van der Waals surface area contributed by atoms with Crippen LogP contribution in [0.3, 0.4) is 0 Å². The molecular weight excluding hydrogens is 203 g/mol. The van der Waals surface area contributed by atoms with E-state index in [1.807, 2.05) is 30.9 Å². The number of hydrogen-bond acceptors (Lipinski definition) is 2. The summed E-state index contributed by atoms with van der Waals surface area (Å²) in [6, 6.07) is 5.15. The molecule has 0 fully saturated rings. The molecule has 0 aliphatic heterocycles. The second-order valence-corrected chi connectivity index (χ2v) is 4.08. The number of nitrogens with two attached hydrogens (primary N) is 1. The van der Waals surface area contributed by atoms with E-state index in [4.69, 9.17) is 5.73 Å². The molecule has 0 amide bonds. The minimum Gasteiger partial charge on any atom is -0.369 e. The van der Waals surface area contributed by atoms with Crippen LogP contribution in [0.15, 0.2) is 18.2 Å². The van der Waals surface area contributed by atoms with Crippen molar-refractivity contribution in [1.82, 2.24) is 0 Å². The SMILES string of the molecule is CCCN(CC)c1ccc([C@@H](C)N)cc1F. The first-order valence-corrected chi connectivity index (χ1v) is 5.90. The molecule has 1 rings (SSSR count). The Balaban J connectivity index is 2.96. The summed E-state index contributed by atoms with van der Waals surface area (Å²) in [5.41, 5.74) is 7.24. The molecule has 0 bridgehead atoms. The summed E-state index contributed by atoms with van der Waals surface area (Å²) in [6.07, 6.45) is 1.02. The van der Waals surface area contributed by atoms with Gasteiger partial charge in [-0.3, -0.25) is 0 Å². The lowest BCUT2D eigenvalue weighted by Crippen LogP contribution is -2.24. The summed E-state index contributed by atoms with van der Waals surface area (Å²) < 4.78 is 13.9. The number of anilines is 1. The quantitative estimate of drug-likeness (QED) is 0.832. The van der Waals surface area contributed by atoms with Crippen LogP contribution < -0.4 is 10.6 Å². The molecule has 0 aliphatic carbocycles. The van der Waals surface area contributed by atoms with Crippen molar-refractivity contribution in [3.8, 4) is 0 Å². The van der Waals surface area contributed by atoms with Gasteiger partial charge in [0.1, 0.15) is 5.82 Å². The van der Waals surface area contributed by atoms with Crippen LogP contribution in [0.2, 0.25) is 0 Å². The zero-order chi connectivity index (χ0) is 12.1. The Bertz CT molecular complexity index is 337. The summed E-state index contributed by atoms with van der Waals surface area (Å²) in [5, 5.41) is 0. The van der Waals surface area contributed by atoms with Gasteiger partial charge in [0.25, 0.3) is 0 Å². The van der Waals surface area contributed by atoms with Gasteiger partial charge in [-0.05, 0) is 38.0 Å². The van der Waals surface area contributed by atoms with E-state index in [1.54, 1.807) is 6.07 Å². The van der Waals surface area contributed by atoms with Crippen molar-refractivity contribution < 1.29 is 4.39 Å². The van der Waals surface area contributed by atoms with Gasteiger partial charge in [-0.1, -0.05) is 13.0 Å². The maximum Gasteiger partial charge on any atom is 0.146 e. The van der Waals surface area contributed by atoms with Crippen LogP contribution in [0.25, 0.3) is 0 Å². The van der Waals surface area contributed by atoms with Crippen molar-refractivity contribution in [3.63, 3.8) is 0 Å². The first-order chi connectivity index (χ1) is 7.60. The molecule has 90 valence electrons. The molecule has 0 aromatic heterocycles. The monoisotopic (exact) mass is 224 g/mol. The minimum atomic E-state index is -0.176. The third-order valence-electron chi connectivity index (χ3n) is 2.71. The lowest BCUT2D eigenvalue weighted by atomic mass is 10.1. The highest BCUT2D eigenvalue weighted by molar-refractivity contribution is 5.49. The molecule has 2 N–H and O–H groups in total. The topological polar surface area (TPSA) is 29.3 Å². The first kappa shape index (κ1) is 13.0. The average molecular weight is 224 g/mol. The van der Waals surface area contributed by atoms with Crippen LogP contribution in [0.5, 0.6) is 0 Å². The molecule has 1 atom stereocenters. The van der Waals surface area contributed by atoms with Crippen LogP contribution in [0, 0.1) is 5.82 Å². The number of halogens is 1. The fourth-order valence-electron chi connectivity index (χ4n) is 1.78. The summed E-state index contributed by atoms with van der Waals surface area (Å²) in [4.78, 5) is 2.04. The summed E-state index contributed by atoms with van der Waals surface area (Å²) in [6.45, 7) is 7.69. The molecule has 16 heavy (non-hydrogen) atoms. The van der Waals surface area contributed by atoms with Gasteiger partial charge in [0.2, 0.25) is 0 Å². The summed E-state index contributed by atoms with van der Waals surface area (Å²) in [5.74, 6) is -0.176. The zero-order valence-electron chi connectivity index (χ0n) is 10.3. The van der Waals surface area contributed by atoms with Crippen molar-refractivity contribution in [3.05, 3.63) is 29.6 Å². The van der Waals surface area contributed by atoms with Gasteiger partial charge in [-0.2, -0.15) is 0 Å². The lowest BCUT2D eigenvalue weighted by molar-refractivity contribution is 0.612. The highest BCUT2D eigenvalue weighted by Crippen LogP contribution is 2.22. The molecule has 1 aromatic carbocycles. The molecule has 2 nitrogen and oxygen atoms in total. The Morgan fingerprint density at radius 3 is 2.50 bits per heavy atom. The highest BCUT2D eigenvalue weighted by Gasteiger charge is 2.10. The van der Waals surface area contributed by atoms with E-state index in [0.717, 1.165) is 25.1 Å². The van der Waals surface area contributed by atoms with Gasteiger partial charge in [-0.25, -0.2) is 4.39 Å². The molecule has 0 radical (unpaired) electrons. The smallest absolute Gasteiger partial charge is 0.146 e. The maximum atomic E-state index is 13.9. The Kier molecular flexibility index (Phi) is 4.74. The second kappa shape index (κ2) is 5.85. The van der Waals surface area contributed by atoms with Crippen molar-refractivity contribution in [2.45, 2.75) is 33.2 Å². The Morgan fingerprint density at radius 2 is 2.06 bits per heavy atom. The summed E-state index contributed by atoms with van der Waals surface area (Å²) in [7, 11) is 0. The van der Waals surface area contributed by atoms with Gasteiger partial charge in [-0.15, -0.1) is 0 Å². The van der Waals surface area contributed by atoms with Gasteiger partial charge >= 0.3 is 0 Å². The zero-order valence-corrected chi connectivity index (χ0v) is 10.3. The molecule has 0 saturated heterocycles. The van der Waals surface area contributed by atoms with Gasteiger partial charge in [0.15, 0.2) is 0 Å². The number of rotatable bonds is 5. The highest BCUT2D eigenvalue weighted by atomic mass is 19.1. The average Bonchev–Trinajstić information content (AvgIpc) is 2.26. The minimum absolute atomic E-state index is 0.121. The third-order valence-corrected chi connectivity index (χ3v) is 2.71. The van der Waals surface area contributed by atoms with Crippen molar-refractivity contribution in [2.75, 3.05) is 18.0 Å². The Labute approximate surface area is 97.3 Å². The molecule has 3 heteroatoms. The van der Waals surface area contributed by atoms with Crippen LogP contribution >= 0.6 is 0 Å².